The van der Waals surface area contributed by atoms with Crippen LogP contribution in [-0.4, -0.2) is 21.4 Å². The quantitative estimate of drug-likeness (QED) is 0.380. The van der Waals surface area contributed by atoms with E-state index in [-0.39, 0.29) is 27.7 Å². The van der Waals surface area contributed by atoms with Gasteiger partial charge in [-0.1, -0.05) is 48.0 Å². The SMILES string of the molecule is O=C(c1ccccc1)c1c(C(=O)O)n(-c2ccc(Cl)cc2)c2cc(C(F)(F)F)ccc12. The van der Waals surface area contributed by atoms with Crippen LogP contribution < -0.4 is 0 Å². The van der Waals surface area contributed by atoms with Gasteiger partial charge in [0.05, 0.1) is 16.6 Å². The molecule has 0 saturated heterocycles. The number of aromatic carboxylic acids is 1. The van der Waals surface area contributed by atoms with Crippen LogP contribution in [0.5, 0.6) is 0 Å². The highest BCUT2D eigenvalue weighted by atomic mass is 35.5. The molecule has 4 rings (SSSR count). The summed E-state index contributed by atoms with van der Waals surface area (Å²) in [6, 6.07) is 16.7. The van der Waals surface area contributed by atoms with Gasteiger partial charge >= 0.3 is 12.1 Å². The first kappa shape index (κ1) is 20.7. The van der Waals surface area contributed by atoms with Crippen LogP contribution >= 0.6 is 11.6 Å². The minimum absolute atomic E-state index is 0.0474. The van der Waals surface area contributed by atoms with Crippen LogP contribution in [0, 0.1) is 0 Å². The van der Waals surface area contributed by atoms with Gasteiger partial charge in [0.2, 0.25) is 0 Å². The summed E-state index contributed by atoms with van der Waals surface area (Å²) in [5.41, 5.74) is -1.13. The summed E-state index contributed by atoms with van der Waals surface area (Å²) in [6.45, 7) is 0. The zero-order valence-corrected chi connectivity index (χ0v) is 16.4. The fourth-order valence-electron chi connectivity index (χ4n) is 3.49. The van der Waals surface area contributed by atoms with Crippen LogP contribution in [0.25, 0.3) is 16.6 Å². The molecule has 0 fully saturated rings. The third-order valence-corrected chi connectivity index (χ3v) is 5.10. The molecule has 4 nitrogen and oxygen atoms in total. The first-order valence-electron chi connectivity index (χ1n) is 9.03. The Balaban J connectivity index is 2.12. The van der Waals surface area contributed by atoms with E-state index in [4.69, 9.17) is 11.6 Å². The topological polar surface area (TPSA) is 59.3 Å². The summed E-state index contributed by atoms with van der Waals surface area (Å²) in [6.07, 6.45) is -4.64. The predicted molar refractivity (Wildman–Crippen MR) is 110 cm³/mol. The van der Waals surface area contributed by atoms with Crippen molar-refractivity contribution >= 4 is 34.3 Å². The van der Waals surface area contributed by atoms with Gasteiger partial charge in [0.15, 0.2) is 5.78 Å². The summed E-state index contributed by atoms with van der Waals surface area (Å²) in [7, 11) is 0. The van der Waals surface area contributed by atoms with Crippen LogP contribution in [-0.2, 0) is 6.18 Å². The van der Waals surface area contributed by atoms with Crippen molar-refractivity contribution in [1.82, 2.24) is 4.57 Å². The average Bonchev–Trinajstić information content (AvgIpc) is 3.08. The molecule has 0 spiro atoms. The smallest absolute Gasteiger partial charge is 0.416 e. The molecule has 0 saturated carbocycles. The molecule has 0 unspecified atom stereocenters. The molecule has 0 aliphatic carbocycles. The molecular formula is C23H13ClF3NO3. The van der Waals surface area contributed by atoms with Gasteiger partial charge in [0.1, 0.15) is 5.69 Å². The monoisotopic (exact) mass is 443 g/mol. The van der Waals surface area contributed by atoms with Gasteiger partial charge in [-0.05, 0) is 36.4 Å². The van der Waals surface area contributed by atoms with Gasteiger partial charge < -0.3 is 9.67 Å². The highest BCUT2D eigenvalue weighted by Gasteiger charge is 2.34. The molecule has 1 aromatic heterocycles. The molecule has 156 valence electrons. The van der Waals surface area contributed by atoms with Gasteiger partial charge in [-0.15, -0.1) is 0 Å². The third kappa shape index (κ3) is 3.68. The van der Waals surface area contributed by atoms with Gasteiger partial charge in [-0.2, -0.15) is 13.2 Å². The van der Waals surface area contributed by atoms with Gasteiger partial charge in [-0.3, -0.25) is 4.79 Å². The van der Waals surface area contributed by atoms with Crippen molar-refractivity contribution in [1.29, 1.82) is 0 Å². The maximum absolute atomic E-state index is 13.4. The fourth-order valence-corrected chi connectivity index (χ4v) is 3.61. The first-order chi connectivity index (χ1) is 14.7. The second-order valence-corrected chi connectivity index (χ2v) is 7.20. The zero-order chi connectivity index (χ0) is 22.3. The van der Waals surface area contributed by atoms with Gasteiger partial charge in [-0.25, -0.2) is 4.79 Å². The van der Waals surface area contributed by atoms with Crippen LogP contribution in [0.15, 0.2) is 72.8 Å². The second kappa shape index (κ2) is 7.59. The largest absolute Gasteiger partial charge is 0.477 e. The number of alkyl halides is 3. The number of benzene rings is 3. The van der Waals surface area contributed by atoms with Crippen LogP contribution in [0.3, 0.4) is 0 Å². The molecule has 3 aromatic carbocycles. The van der Waals surface area contributed by atoms with Crippen molar-refractivity contribution in [2.75, 3.05) is 0 Å². The number of aromatic nitrogens is 1. The lowest BCUT2D eigenvalue weighted by molar-refractivity contribution is -0.137. The van der Waals surface area contributed by atoms with Gasteiger partial charge in [0, 0.05) is 21.7 Å². The minimum atomic E-state index is -4.64. The summed E-state index contributed by atoms with van der Waals surface area (Å²) >= 11 is 5.91. The Morgan fingerprint density at radius 2 is 1.55 bits per heavy atom. The Hall–Kier alpha value is -3.58. The number of carboxylic acid groups (broad SMARTS) is 1. The maximum atomic E-state index is 13.4. The number of carbonyl (C=O) groups is 2. The molecule has 8 heteroatoms. The van der Waals surface area contributed by atoms with Crippen LogP contribution in [0.4, 0.5) is 13.2 Å². The molecule has 0 aliphatic heterocycles. The number of rotatable bonds is 4. The number of hydrogen-bond acceptors (Lipinski definition) is 2. The Morgan fingerprint density at radius 1 is 0.903 bits per heavy atom. The number of halogens is 4. The van der Waals surface area contributed by atoms with Gasteiger partial charge in [0.25, 0.3) is 0 Å². The Kier molecular flexibility index (Phi) is 5.07. The second-order valence-electron chi connectivity index (χ2n) is 6.77. The molecular weight excluding hydrogens is 431 g/mol. The Morgan fingerprint density at radius 3 is 2.13 bits per heavy atom. The number of nitrogens with zero attached hydrogens (tertiary/aromatic N) is 1. The van der Waals surface area contributed by atoms with E-state index in [0.717, 1.165) is 22.8 Å². The molecule has 4 aromatic rings. The average molecular weight is 444 g/mol. The number of hydrogen-bond donors (Lipinski definition) is 1. The molecule has 1 heterocycles. The van der Waals surface area contributed by atoms with E-state index >= 15 is 0 Å². The highest BCUT2D eigenvalue weighted by molar-refractivity contribution is 6.30. The van der Waals surface area contributed by atoms with Crippen molar-refractivity contribution in [3.63, 3.8) is 0 Å². The van der Waals surface area contributed by atoms with Crippen LogP contribution in [0.1, 0.15) is 32.0 Å². The van der Waals surface area contributed by atoms with Crippen molar-refractivity contribution in [2.24, 2.45) is 0 Å². The zero-order valence-electron chi connectivity index (χ0n) is 15.7. The highest BCUT2D eigenvalue weighted by Crippen LogP contribution is 2.37. The van der Waals surface area contributed by atoms with E-state index in [1.54, 1.807) is 18.2 Å². The lowest BCUT2D eigenvalue weighted by Crippen LogP contribution is -2.13. The summed E-state index contributed by atoms with van der Waals surface area (Å²) in [5, 5.41) is 10.4. The number of carboxylic acids is 1. The Bertz CT molecular complexity index is 1310. The van der Waals surface area contributed by atoms with Crippen molar-refractivity contribution in [3.8, 4) is 5.69 Å². The Labute approximate surface area is 179 Å². The number of carbonyl (C=O) groups excluding carboxylic acids is 1. The first-order valence-corrected chi connectivity index (χ1v) is 9.41. The van der Waals surface area contributed by atoms with E-state index in [1.165, 1.54) is 36.4 Å². The van der Waals surface area contributed by atoms with Crippen molar-refractivity contribution in [3.05, 3.63) is 100 Å². The normalized spacial score (nSPS) is 11.6. The van der Waals surface area contributed by atoms with Crippen LogP contribution in [0.2, 0.25) is 5.02 Å². The lowest BCUT2D eigenvalue weighted by atomic mass is 9.99. The summed E-state index contributed by atoms with van der Waals surface area (Å²) in [4.78, 5) is 25.5. The van der Waals surface area contributed by atoms with E-state index in [2.05, 4.69) is 0 Å². The number of fused-ring (bicyclic) bond motifs is 1. The molecule has 0 radical (unpaired) electrons. The molecule has 0 bridgehead atoms. The molecule has 1 N–H and O–H groups in total. The standard InChI is InChI=1S/C23H13ClF3NO3/c24-15-7-9-16(10-8-15)28-18-12-14(23(25,26)27)6-11-17(18)19(20(28)22(30)31)21(29)13-4-2-1-3-5-13/h1-12H,(H,30,31). The molecule has 0 amide bonds. The fraction of sp³-hybridized carbons (Fsp3) is 0.0435. The van der Waals surface area contributed by atoms with Crippen molar-refractivity contribution in [2.45, 2.75) is 6.18 Å². The third-order valence-electron chi connectivity index (χ3n) is 4.85. The lowest BCUT2D eigenvalue weighted by Gasteiger charge is -2.11. The van der Waals surface area contributed by atoms with E-state index in [9.17, 15) is 27.9 Å². The minimum Gasteiger partial charge on any atom is -0.477 e. The predicted octanol–water partition coefficient (Wildman–Crippen LogP) is 6.23. The van der Waals surface area contributed by atoms with E-state index in [0.29, 0.717) is 5.02 Å². The van der Waals surface area contributed by atoms with E-state index < -0.39 is 29.2 Å². The molecule has 0 aliphatic rings. The van der Waals surface area contributed by atoms with Crippen molar-refractivity contribution < 1.29 is 27.9 Å². The molecule has 31 heavy (non-hydrogen) atoms. The maximum Gasteiger partial charge on any atom is 0.416 e. The summed E-state index contributed by atoms with van der Waals surface area (Å²) in [5.74, 6) is -2.05. The molecule has 0 atom stereocenters. The number of ketones is 1. The van der Waals surface area contributed by atoms with E-state index in [1.807, 2.05) is 0 Å². The summed E-state index contributed by atoms with van der Waals surface area (Å²) < 4.78 is 41.3.